The number of benzene rings is 6. The summed E-state index contributed by atoms with van der Waals surface area (Å²) in [4.78, 5) is 18.8. The summed E-state index contributed by atoms with van der Waals surface area (Å²) in [6, 6.07) is 61.5. The number of aryl methyl sites for hydroxylation is 2. The molecule has 8 heteroatoms. The summed E-state index contributed by atoms with van der Waals surface area (Å²) >= 11 is -0.826. The van der Waals surface area contributed by atoms with Crippen LogP contribution in [0.4, 0.5) is 0 Å². The van der Waals surface area contributed by atoms with Crippen molar-refractivity contribution in [2.45, 2.75) is 39.5 Å². The fourth-order valence-electron chi connectivity index (χ4n) is 7.19. The number of nitrogens with one attached hydrogen (secondary N) is 2. The van der Waals surface area contributed by atoms with E-state index in [1.807, 2.05) is 0 Å². The van der Waals surface area contributed by atoms with Crippen LogP contribution in [-0.2, 0) is 43.3 Å². The standard InChI is InChI=1S/2C24H21.C2H4BN2O2.2ClH.Zr/c2*1-2-9-19-12-6-7-14-22(19)23-15-8-13-20-16-21(17-24(20)23)18-10-4-3-5-11-18;6-1-4-3-5-2-7;;;/h2*3-8,10-17H,2,9H2,1H3;1-2H,(H,4,6)(H,5,7);2*1H;/q2*-1;;;;+4/p-2. The molecule has 8 aromatic rings. The Hall–Kier alpha value is -4.99. The first kappa shape index (κ1) is 44.1. The third-order valence-corrected chi connectivity index (χ3v) is 9.67. The SMILES string of the molecule is CCCc1ccccc1-c1cccc2[cH-]c(-c3ccccc3)cc12.CCCc1ccccc1-c1cccc2[cH-]c(-c3ccccc3)cc12.O=CN[B]NC=O.[Cl][Zr+2][Cl]. The number of halogens is 2. The van der Waals surface area contributed by atoms with E-state index in [9.17, 15) is 9.59 Å². The van der Waals surface area contributed by atoms with Crippen LogP contribution in [0.25, 0.3) is 66.1 Å². The number of fused-ring (bicyclic) bond motifs is 2. The molecule has 8 rings (SSSR count). The van der Waals surface area contributed by atoms with Crippen LogP contribution in [0.2, 0.25) is 0 Å². The van der Waals surface area contributed by atoms with E-state index in [0.717, 1.165) is 20.4 Å². The van der Waals surface area contributed by atoms with Crippen molar-refractivity contribution in [1.29, 1.82) is 0 Å². The van der Waals surface area contributed by atoms with Crippen LogP contribution >= 0.6 is 17.0 Å². The van der Waals surface area contributed by atoms with Crippen LogP contribution < -0.4 is 10.5 Å². The van der Waals surface area contributed by atoms with Gasteiger partial charge >= 0.3 is 45.4 Å². The third-order valence-electron chi connectivity index (χ3n) is 9.67. The average Bonchev–Trinajstić information content (AvgIpc) is 3.92. The van der Waals surface area contributed by atoms with Gasteiger partial charge in [-0.1, -0.05) is 182 Å². The van der Waals surface area contributed by atoms with Crippen molar-refractivity contribution >= 4 is 58.9 Å². The molecule has 2 amide bonds. The molecule has 0 heterocycles. The van der Waals surface area contributed by atoms with Crippen LogP contribution in [0.5, 0.6) is 0 Å². The van der Waals surface area contributed by atoms with E-state index in [1.54, 1.807) is 0 Å². The summed E-state index contributed by atoms with van der Waals surface area (Å²) in [7, 11) is 11.0. The first-order valence-corrected chi connectivity index (χ1v) is 25.7. The van der Waals surface area contributed by atoms with Gasteiger partial charge in [-0.15, -0.1) is 69.1 Å². The van der Waals surface area contributed by atoms with Crippen molar-refractivity contribution in [3.05, 3.63) is 181 Å². The molecule has 4 nitrogen and oxygen atoms in total. The van der Waals surface area contributed by atoms with Crippen molar-refractivity contribution < 1.29 is 30.4 Å². The minimum absolute atomic E-state index is 0.455. The van der Waals surface area contributed by atoms with Gasteiger partial charge in [-0.2, -0.15) is 0 Å². The molecule has 0 atom stereocenters. The quantitative estimate of drug-likeness (QED) is 0.0556. The molecule has 2 N–H and O–H groups in total. The van der Waals surface area contributed by atoms with Gasteiger partial charge in [0, 0.05) is 0 Å². The molecule has 0 aliphatic rings. The molecular weight excluding hydrogens is 834 g/mol. The maximum atomic E-state index is 9.38. The van der Waals surface area contributed by atoms with E-state index in [2.05, 4.69) is 194 Å². The normalized spacial score (nSPS) is 10.1. The van der Waals surface area contributed by atoms with E-state index in [4.69, 9.17) is 17.0 Å². The maximum absolute atomic E-state index is 9.38. The Morgan fingerprint density at radius 2 is 0.879 bits per heavy atom. The zero-order chi connectivity index (χ0) is 41.0. The number of amides is 2. The number of hydrogen-bond donors (Lipinski definition) is 2. The number of hydrogen-bond acceptors (Lipinski definition) is 2. The minimum atomic E-state index is -0.826. The van der Waals surface area contributed by atoms with Crippen molar-refractivity contribution in [1.82, 2.24) is 10.5 Å². The Balaban J connectivity index is 0.000000180. The fraction of sp³-hybridized carbons (Fsp3) is 0.120. The zero-order valence-corrected chi connectivity index (χ0v) is 36.8. The summed E-state index contributed by atoms with van der Waals surface area (Å²) in [5.41, 5.74) is 13.5. The average molecular weight is 880 g/mol. The molecule has 0 saturated heterocycles. The zero-order valence-electron chi connectivity index (χ0n) is 32.8. The third kappa shape index (κ3) is 12.0. The van der Waals surface area contributed by atoms with Crippen molar-refractivity contribution in [2.24, 2.45) is 0 Å². The number of rotatable bonds is 12. The molecular formula is C50H46BCl2N2O2Zr. The Morgan fingerprint density at radius 3 is 1.26 bits per heavy atom. The molecule has 0 aromatic heterocycles. The fourth-order valence-corrected chi connectivity index (χ4v) is 7.19. The summed E-state index contributed by atoms with van der Waals surface area (Å²) in [5.74, 6) is 0. The molecule has 0 bridgehead atoms. The molecule has 58 heavy (non-hydrogen) atoms. The second-order valence-electron chi connectivity index (χ2n) is 13.4. The van der Waals surface area contributed by atoms with Gasteiger partial charge in [0.1, 0.15) is 0 Å². The van der Waals surface area contributed by atoms with Gasteiger partial charge in [-0.25, -0.2) is 0 Å². The molecule has 0 spiro atoms. The van der Waals surface area contributed by atoms with Crippen LogP contribution in [0.1, 0.15) is 37.8 Å². The first-order valence-electron chi connectivity index (χ1n) is 19.4. The Bertz CT molecular complexity index is 2290. The molecule has 8 aromatic carbocycles. The Morgan fingerprint density at radius 1 is 0.517 bits per heavy atom. The topological polar surface area (TPSA) is 58.2 Å². The summed E-state index contributed by atoms with van der Waals surface area (Å²) < 4.78 is 0. The van der Waals surface area contributed by atoms with Gasteiger partial charge in [0.2, 0.25) is 0 Å². The summed E-state index contributed by atoms with van der Waals surface area (Å²) in [6.07, 6.45) is 5.50. The van der Waals surface area contributed by atoms with Crippen molar-refractivity contribution in [3.63, 3.8) is 0 Å². The number of carbonyl (C=O) groups is 2. The van der Waals surface area contributed by atoms with E-state index in [-0.39, 0.29) is 0 Å². The van der Waals surface area contributed by atoms with Crippen molar-refractivity contribution in [2.75, 3.05) is 0 Å². The van der Waals surface area contributed by atoms with Gasteiger partial charge in [0.25, 0.3) is 0 Å². The Labute approximate surface area is 362 Å². The van der Waals surface area contributed by atoms with Gasteiger partial charge in [0.05, 0.1) is 0 Å². The molecule has 1 radical (unpaired) electrons. The number of carbonyl (C=O) groups excluding carboxylic acids is 2. The van der Waals surface area contributed by atoms with Crippen LogP contribution in [0.15, 0.2) is 170 Å². The molecule has 289 valence electrons. The van der Waals surface area contributed by atoms with E-state index < -0.39 is 20.8 Å². The van der Waals surface area contributed by atoms with Gasteiger partial charge in [0.15, 0.2) is 12.8 Å². The summed E-state index contributed by atoms with van der Waals surface area (Å²) in [5, 5.41) is 9.53. The predicted octanol–water partition coefficient (Wildman–Crippen LogP) is 13.1. The second-order valence-corrected chi connectivity index (χ2v) is 17.2. The molecule has 0 fully saturated rings. The van der Waals surface area contributed by atoms with Crippen molar-refractivity contribution in [3.8, 4) is 44.5 Å². The van der Waals surface area contributed by atoms with Gasteiger partial charge < -0.3 is 10.5 Å². The van der Waals surface area contributed by atoms with Gasteiger partial charge in [-0.3, -0.25) is 9.59 Å². The molecule has 0 aliphatic heterocycles. The first-order chi connectivity index (χ1) is 28.6. The van der Waals surface area contributed by atoms with Crippen LogP contribution in [0, 0.1) is 0 Å². The van der Waals surface area contributed by atoms with E-state index in [1.165, 1.54) is 90.0 Å². The van der Waals surface area contributed by atoms with E-state index >= 15 is 0 Å². The molecule has 0 unspecified atom stereocenters. The Kier molecular flexibility index (Phi) is 18.3. The second kappa shape index (κ2) is 24.1. The monoisotopic (exact) mass is 877 g/mol. The van der Waals surface area contributed by atoms with Crippen LogP contribution in [-0.4, -0.2) is 20.4 Å². The predicted molar refractivity (Wildman–Crippen MR) is 245 cm³/mol. The van der Waals surface area contributed by atoms with E-state index in [0.29, 0.717) is 12.8 Å². The molecule has 0 saturated carbocycles. The van der Waals surface area contributed by atoms with Gasteiger partial charge in [-0.05, 0) is 35.1 Å². The molecule has 0 aliphatic carbocycles. The summed E-state index contributed by atoms with van der Waals surface area (Å²) in [6.45, 7) is 4.49. The van der Waals surface area contributed by atoms with Crippen LogP contribution in [0.3, 0.4) is 0 Å².